The fourth-order valence-corrected chi connectivity index (χ4v) is 4.16. The minimum absolute atomic E-state index is 0.0424. The van der Waals surface area contributed by atoms with Crippen molar-refractivity contribution in [2.24, 2.45) is 17.8 Å². The molecule has 1 aliphatic carbocycles. The van der Waals surface area contributed by atoms with Crippen LogP contribution >= 0.6 is 0 Å². The number of allylic oxidation sites excluding steroid dienone is 2. The molecule has 8 heteroatoms. The number of benzene rings is 1. The number of rotatable bonds is 9. The van der Waals surface area contributed by atoms with Gasteiger partial charge in [0.05, 0.1) is 24.1 Å². The molecule has 1 fully saturated rings. The van der Waals surface area contributed by atoms with Gasteiger partial charge in [-0.25, -0.2) is 4.79 Å². The SMILES string of the molecule is CCOc1ccccc1NC(=O)COC(=O)[C@H](CC(C)C)N1C(=O)[C@H]2CC=CC[C@H]2C1=O. The lowest BCUT2D eigenvalue weighted by Crippen LogP contribution is -2.47. The van der Waals surface area contributed by atoms with E-state index < -0.39 is 36.4 Å². The number of hydrogen-bond donors (Lipinski definition) is 1. The molecule has 1 heterocycles. The van der Waals surface area contributed by atoms with Crippen molar-refractivity contribution in [1.29, 1.82) is 0 Å². The smallest absolute Gasteiger partial charge is 0.329 e. The van der Waals surface area contributed by atoms with Crippen LogP contribution in [-0.2, 0) is 23.9 Å². The average molecular weight is 443 g/mol. The highest BCUT2D eigenvalue weighted by Crippen LogP contribution is 2.37. The fourth-order valence-electron chi connectivity index (χ4n) is 4.16. The summed E-state index contributed by atoms with van der Waals surface area (Å²) in [5, 5.41) is 2.66. The van der Waals surface area contributed by atoms with E-state index in [0.717, 1.165) is 4.90 Å². The lowest BCUT2D eigenvalue weighted by molar-refractivity contribution is -0.160. The van der Waals surface area contributed by atoms with Crippen LogP contribution < -0.4 is 10.1 Å². The summed E-state index contributed by atoms with van der Waals surface area (Å²) in [6.07, 6.45) is 5.07. The quantitative estimate of drug-likeness (QED) is 0.358. The van der Waals surface area contributed by atoms with Gasteiger partial charge in [-0.15, -0.1) is 0 Å². The maximum absolute atomic E-state index is 12.9. The predicted molar refractivity (Wildman–Crippen MR) is 118 cm³/mol. The third-order valence-electron chi connectivity index (χ3n) is 5.63. The summed E-state index contributed by atoms with van der Waals surface area (Å²) >= 11 is 0. The minimum atomic E-state index is -1.04. The van der Waals surface area contributed by atoms with Gasteiger partial charge >= 0.3 is 5.97 Å². The highest BCUT2D eigenvalue weighted by Gasteiger charge is 2.51. The summed E-state index contributed by atoms with van der Waals surface area (Å²) in [5.74, 6) is -2.24. The van der Waals surface area contributed by atoms with E-state index in [1.54, 1.807) is 24.3 Å². The lowest BCUT2D eigenvalue weighted by Gasteiger charge is -2.26. The number of nitrogens with one attached hydrogen (secondary N) is 1. The summed E-state index contributed by atoms with van der Waals surface area (Å²) in [5.41, 5.74) is 0.468. The molecule has 1 aliphatic heterocycles. The number of hydrogen-bond acceptors (Lipinski definition) is 6. The van der Waals surface area contributed by atoms with E-state index in [9.17, 15) is 19.2 Å². The molecular formula is C24H30N2O6. The van der Waals surface area contributed by atoms with Gasteiger partial charge in [-0.3, -0.25) is 19.3 Å². The standard InChI is InChI=1S/C24H30N2O6/c1-4-31-20-12-8-7-11-18(20)25-21(27)14-32-24(30)19(13-15(2)3)26-22(28)16-9-5-6-10-17(16)23(26)29/h5-8,11-12,15-17,19H,4,9-10,13-14H2,1-3H3,(H,25,27)/t16-,17+,19-/m0/s1. The van der Waals surface area contributed by atoms with Gasteiger partial charge in [0, 0.05) is 0 Å². The van der Waals surface area contributed by atoms with E-state index in [0.29, 0.717) is 30.9 Å². The van der Waals surface area contributed by atoms with Crippen LogP contribution in [0.15, 0.2) is 36.4 Å². The molecule has 1 aromatic rings. The number of anilines is 1. The third-order valence-corrected chi connectivity index (χ3v) is 5.63. The van der Waals surface area contributed by atoms with Crippen molar-refractivity contribution in [3.63, 3.8) is 0 Å². The number of amides is 3. The molecule has 1 aromatic carbocycles. The highest BCUT2D eigenvalue weighted by atomic mass is 16.5. The zero-order chi connectivity index (χ0) is 23.3. The first-order valence-electron chi connectivity index (χ1n) is 11.0. The third kappa shape index (κ3) is 5.18. The van der Waals surface area contributed by atoms with Gasteiger partial charge in [0.2, 0.25) is 11.8 Å². The van der Waals surface area contributed by atoms with Gasteiger partial charge in [-0.1, -0.05) is 38.1 Å². The van der Waals surface area contributed by atoms with E-state index in [1.165, 1.54) is 0 Å². The summed E-state index contributed by atoms with van der Waals surface area (Å²) < 4.78 is 10.7. The molecule has 0 unspecified atom stereocenters. The lowest BCUT2D eigenvalue weighted by atomic mass is 9.85. The molecule has 8 nitrogen and oxygen atoms in total. The van der Waals surface area contributed by atoms with E-state index in [-0.39, 0.29) is 24.2 Å². The first-order chi connectivity index (χ1) is 15.3. The monoisotopic (exact) mass is 442 g/mol. The minimum Gasteiger partial charge on any atom is -0.492 e. The van der Waals surface area contributed by atoms with Crippen LogP contribution in [0.1, 0.15) is 40.0 Å². The molecule has 0 aromatic heterocycles. The molecule has 3 rings (SSSR count). The van der Waals surface area contributed by atoms with E-state index in [1.807, 2.05) is 32.9 Å². The number of para-hydroxylation sites is 2. The number of nitrogens with zero attached hydrogens (tertiary/aromatic N) is 1. The van der Waals surface area contributed by atoms with Crippen LogP contribution in [0.3, 0.4) is 0 Å². The highest BCUT2D eigenvalue weighted by molar-refractivity contribution is 6.08. The summed E-state index contributed by atoms with van der Waals surface area (Å²) in [6, 6.07) is 5.91. The van der Waals surface area contributed by atoms with E-state index in [2.05, 4.69) is 5.32 Å². The summed E-state index contributed by atoms with van der Waals surface area (Å²) in [6.45, 7) is 5.55. The Hall–Kier alpha value is -3.16. The largest absolute Gasteiger partial charge is 0.492 e. The van der Waals surface area contributed by atoms with Crippen LogP contribution in [0.2, 0.25) is 0 Å². The van der Waals surface area contributed by atoms with Crippen molar-refractivity contribution in [1.82, 2.24) is 4.90 Å². The predicted octanol–water partition coefficient (Wildman–Crippen LogP) is 2.93. The molecule has 0 saturated carbocycles. The molecule has 172 valence electrons. The van der Waals surface area contributed by atoms with Crippen LogP contribution in [0.5, 0.6) is 5.75 Å². The number of imide groups is 1. The molecule has 0 spiro atoms. The normalized spacial score (nSPS) is 20.8. The number of ether oxygens (including phenoxy) is 2. The molecule has 3 atom stereocenters. The Labute approximate surface area is 187 Å². The number of carbonyl (C=O) groups is 4. The molecule has 1 saturated heterocycles. The van der Waals surface area contributed by atoms with Gasteiger partial charge in [0.15, 0.2) is 6.61 Å². The second kappa shape index (κ2) is 10.4. The number of esters is 1. The van der Waals surface area contributed by atoms with Crippen LogP contribution in [0.25, 0.3) is 0 Å². The van der Waals surface area contributed by atoms with Gasteiger partial charge < -0.3 is 14.8 Å². The second-order valence-electron chi connectivity index (χ2n) is 8.43. The van der Waals surface area contributed by atoms with Crippen molar-refractivity contribution >= 4 is 29.4 Å². The van der Waals surface area contributed by atoms with Crippen LogP contribution in [0.4, 0.5) is 5.69 Å². The van der Waals surface area contributed by atoms with Crippen molar-refractivity contribution in [2.75, 3.05) is 18.5 Å². The molecule has 1 N–H and O–H groups in total. The maximum Gasteiger partial charge on any atom is 0.329 e. The van der Waals surface area contributed by atoms with Crippen molar-refractivity contribution < 1.29 is 28.7 Å². The average Bonchev–Trinajstić information content (AvgIpc) is 3.02. The zero-order valence-electron chi connectivity index (χ0n) is 18.7. The second-order valence-corrected chi connectivity index (χ2v) is 8.43. The Kier molecular flexibility index (Phi) is 7.66. The molecule has 0 bridgehead atoms. The first-order valence-corrected chi connectivity index (χ1v) is 11.0. The molecule has 0 radical (unpaired) electrons. The van der Waals surface area contributed by atoms with Crippen molar-refractivity contribution in [3.8, 4) is 5.75 Å². The van der Waals surface area contributed by atoms with Gasteiger partial charge in [0.25, 0.3) is 5.91 Å². The topological polar surface area (TPSA) is 102 Å². The maximum atomic E-state index is 12.9. The van der Waals surface area contributed by atoms with Gasteiger partial charge in [0.1, 0.15) is 11.8 Å². The summed E-state index contributed by atoms with van der Waals surface area (Å²) in [4.78, 5) is 52.2. The number of likely N-dealkylation sites (tertiary alicyclic amines) is 1. The zero-order valence-corrected chi connectivity index (χ0v) is 18.7. The van der Waals surface area contributed by atoms with Crippen molar-refractivity contribution in [3.05, 3.63) is 36.4 Å². The molecule has 32 heavy (non-hydrogen) atoms. The van der Waals surface area contributed by atoms with Gasteiger partial charge in [-0.2, -0.15) is 0 Å². The van der Waals surface area contributed by atoms with Gasteiger partial charge in [-0.05, 0) is 44.2 Å². The van der Waals surface area contributed by atoms with E-state index >= 15 is 0 Å². The molecule has 2 aliphatic rings. The Morgan fingerprint density at radius 2 is 1.72 bits per heavy atom. The number of fused-ring (bicyclic) bond motifs is 1. The van der Waals surface area contributed by atoms with Crippen LogP contribution in [0, 0.1) is 17.8 Å². The van der Waals surface area contributed by atoms with Crippen LogP contribution in [-0.4, -0.2) is 47.8 Å². The molecule has 3 amide bonds. The Morgan fingerprint density at radius 3 is 2.31 bits per heavy atom. The fraction of sp³-hybridized carbons (Fsp3) is 0.500. The number of carbonyl (C=O) groups excluding carboxylic acids is 4. The van der Waals surface area contributed by atoms with E-state index in [4.69, 9.17) is 9.47 Å². The Balaban J connectivity index is 1.66. The Morgan fingerprint density at radius 1 is 1.09 bits per heavy atom. The molecular weight excluding hydrogens is 412 g/mol. The van der Waals surface area contributed by atoms with Crippen molar-refractivity contribution in [2.45, 2.75) is 46.1 Å². The Bertz CT molecular complexity index is 884. The summed E-state index contributed by atoms with van der Waals surface area (Å²) in [7, 11) is 0. The first kappa shape index (κ1) is 23.5.